The molecule has 178 valence electrons. The van der Waals surface area contributed by atoms with E-state index in [1.807, 2.05) is 0 Å². The van der Waals surface area contributed by atoms with Gasteiger partial charge in [-0.25, -0.2) is 0 Å². The lowest BCUT2D eigenvalue weighted by Crippen LogP contribution is -2.48. The van der Waals surface area contributed by atoms with E-state index in [2.05, 4.69) is 15.1 Å². The van der Waals surface area contributed by atoms with Gasteiger partial charge in [0, 0.05) is 42.5 Å². The van der Waals surface area contributed by atoms with Gasteiger partial charge in [-0.3, -0.25) is 0 Å². The summed E-state index contributed by atoms with van der Waals surface area (Å²) in [6.45, 7) is 8.50. The Kier molecular flexibility index (Phi) is 8.37. The number of nitrogens with zero attached hydrogens (tertiary/aromatic N) is 2. The number of nitrogens with one attached hydrogen (secondary N) is 1. The second kappa shape index (κ2) is 10.8. The maximum Gasteiger partial charge on any atom is 0.284 e. The molecular weight excluding hydrogens is 431 g/mol. The summed E-state index contributed by atoms with van der Waals surface area (Å²) in [6, 6.07) is 3.96. The van der Waals surface area contributed by atoms with Crippen molar-refractivity contribution in [3.05, 3.63) is 46.8 Å². The Bertz CT molecular complexity index is 849. The molecule has 2 atom stereocenters. The number of phenolic OH excluding ortho intramolecular Hbond substituents is 1. The lowest BCUT2D eigenvalue weighted by Gasteiger charge is -2.34. The van der Waals surface area contributed by atoms with Crippen LogP contribution in [0.3, 0.4) is 0 Å². The minimum Gasteiger partial charge on any atom is -0.507 e. The van der Waals surface area contributed by atoms with Gasteiger partial charge >= 0.3 is 0 Å². The van der Waals surface area contributed by atoms with Gasteiger partial charge in [-0.05, 0) is 76.0 Å². The SMILES string of the molecule is CC(/C=C(\N)NC1CCCN(CCN2CCCC2)C1)=C(/N)c1ccc(C(F)(F)P)cc1O. The Balaban J connectivity index is 1.59. The molecule has 2 aliphatic heterocycles. The highest BCUT2D eigenvalue weighted by atomic mass is 31.0. The van der Waals surface area contributed by atoms with E-state index in [4.69, 9.17) is 11.5 Å². The molecule has 0 radical (unpaired) electrons. The van der Waals surface area contributed by atoms with Gasteiger partial charge in [-0.15, -0.1) is 0 Å². The second-order valence-electron chi connectivity index (χ2n) is 8.88. The number of piperidine rings is 1. The number of halogens is 2. The fourth-order valence-corrected chi connectivity index (χ4v) is 4.61. The number of nitrogens with two attached hydrogens (primary N) is 2. The third-order valence-electron chi connectivity index (χ3n) is 6.28. The molecule has 0 spiro atoms. The van der Waals surface area contributed by atoms with Crippen molar-refractivity contribution in [2.75, 3.05) is 39.3 Å². The molecule has 32 heavy (non-hydrogen) atoms. The molecule has 0 saturated carbocycles. The van der Waals surface area contributed by atoms with Gasteiger partial charge < -0.3 is 31.7 Å². The monoisotopic (exact) mass is 467 g/mol. The van der Waals surface area contributed by atoms with E-state index in [1.54, 1.807) is 13.0 Å². The molecule has 2 fully saturated rings. The van der Waals surface area contributed by atoms with E-state index in [0.29, 0.717) is 22.7 Å². The van der Waals surface area contributed by atoms with Crippen LogP contribution in [0.15, 0.2) is 35.7 Å². The highest BCUT2D eigenvalue weighted by Gasteiger charge is 2.26. The number of aromatic hydroxyl groups is 1. The van der Waals surface area contributed by atoms with Crippen molar-refractivity contribution in [3.8, 4) is 5.75 Å². The molecule has 0 bridgehead atoms. The van der Waals surface area contributed by atoms with Crippen LogP contribution in [0.2, 0.25) is 0 Å². The van der Waals surface area contributed by atoms with Gasteiger partial charge in [-0.1, -0.05) is 15.3 Å². The molecule has 2 saturated heterocycles. The van der Waals surface area contributed by atoms with Crippen molar-refractivity contribution >= 4 is 14.9 Å². The van der Waals surface area contributed by atoms with Gasteiger partial charge in [0.2, 0.25) is 0 Å². The van der Waals surface area contributed by atoms with Gasteiger partial charge in [-0.2, -0.15) is 8.78 Å². The van der Waals surface area contributed by atoms with Crippen LogP contribution in [-0.4, -0.2) is 60.2 Å². The fourth-order valence-electron chi connectivity index (χ4n) is 4.43. The Labute approximate surface area is 191 Å². The highest BCUT2D eigenvalue weighted by molar-refractivity contribution is 7.17. The lowest BCUT2D eigenvalue weighted by atomic mass is 10.0. The number of allylic oxidation sites excluding steroid dienone is 2. The third-order valence-corrected chi connectivity index (χ3v) is 6.61. The van der Waals surface area contributed by atoms with Gasteiger partial charge in [0.25, 0.3) is 5.66 Å². The fraction of sp³-hybridized carbons (Fsp3) is 0.565. The average Bonchev–Trinajstić information content (AvgIpc) is 3.25. The first-order chi connectivity index (χ1) is 15.1. The van der Waals surface area contributed by atoms with E-state index < -0.39 is 5.66 Å². The summed E-state index contributed by atoms with van der Waals surface area (Å²) in [7, 11) is 1.46. The Hall–Kier alpha value is -1.89. The average molecular weight is 468 g/mol. The smallest absolute Gasteiger partial charge is 0.284 e. The molecule has 2 heterocycles. The lowest BCUT2D eigenvalue weighted by molar-refractivity contribution is 0.103. The van der Waals surface area contributed by atoms with Crippen LogP contribution in [0.5, 0.6) is 5.75 Å². The topological polar surface area (TPSA) is 90.8 Å². The van der Waals surface area contributed by atoms with E-state index in [-0.39, 0.29) is 17.4 Å². The van der Waals surface area contributed by atoms with E-state index in [0.717, 1.165) is 45.1 Å². The molecule has 6 N–H and O–H groups in total. The van der Waals surface area contributed by atoms with Gasteiger partial charge in [0.05, 0.1) is 5.82 Å². The normalized spacial score (nSPS) is 22.1. The Morgan fingerprint density at radius 3 is 2.50 bits per heavy atom. The third kappa shape index (κ3) is 6.80. The van der Waals surface area contributed by atoms with E-state index in [1.165, 1.54) is 47.3 Å². The first-order valence-electron chi connectivity index (χ1n) is 11.3. The standard InChI is InChI=1S/C23H36F2N5OP/c1-16(22(27)19-7-6-17(14-20(19)31)23(24,25)32)13-21(26)28-18-5-4-10-30(15-18)12-11-29-8-2-3-9-29/h6-7,13-14,18,28,31H,2-5,8-12,15,26-27,32H2,1H3/b21-13+,22-16-. The molecule has 0 aliphatic carbocycles. The maximum absolute atomic E-state index is 13.4. The van der Waals surface area contributed by atoms with Crippen LogP contribution in [0.1, 0.15) is 43.7 Å². The van der Waals surface area contributed by atoms with Crippen molar-refractivity contribution < 1.29 is 13.9 Å². The number of benzene rings is 1. The molecule has 6 nitrogen and oxygen atoms in total. The zero-order valence-electron chi connectivity index (χ0n) is 18.8. The van der Waals surface area contributed by atoms with Crippen LogP contribution in [-0.2, 0) is 5.66 Å². The summed E-state index contributed by atoms with van der Waals surface area (Å²) in [5, 5.41) is 13.6. The van der Waals surface area contributed by atoms with Crippen molar-refractivity contribution in [2.45, 2.75) is 44.3 Å². The molecule has 0 amide bonds. The summed E-state index contributed by atoms with van der Waals surface area (Å²) >= 11 is 0. The van der Waals surface area contributed by atoms with E-state index >= 15 is 0 Å². The number of hydrogen-bond acceptors (Lipinski definition) is 6. The summed E-state index contributed by atoms with van der Waals surface area (Å²) < 4.78 is 26.9. The zero-order valence-corrected chi connectivity index (χ0v) is 19.9. The zero-order chi connectivity index (χ0) is 23.3. The number of alkyl halides is 2. The largest absolute Gasteiger partial charge is 0.507 e. The molecular formula is C23H36F2N5OP. The van der Waals surface area contributed by atoms with Crippen LogP contribution in [0.4, 0.5) is 8.78 Å². The van der Waals surface area contributed by atoms with Crippen molar-refractivity contribution in [2.24, 2.45) is 11.5 Å². The van der Waals surface area contributed by atoms with Crippen LogP contribution >= 0.6 is 9.24 Å². The van der Waals surface area contributed by atoms with Gasteiger partial charge in [0.1, 0.15) is 5.75 Å². The maximum atomic E-state index is 13.4. The summed E-state index contributed by atoms with van der Waals surface area (Å²) in [5.41, 5.74) is 10.3. The summed E-state index contributed by atoms with van der Waals surface area (Å²) in [5.74, 6) is 0.215. The summed E-state index contributed by atoms with van der Waals surface area (Å²) in [6.07, 6.45) is 6.54. The van der Waals surface area contributed by atoms with Crippen molar-refractivity contribution in [1.82, 2.24) is 15.1 Å². The molecule has 2 unspecified atom stereocenters. The van der Waals surface area contributed by atoms with Crippen molar-refractivity contribution in [3.63, 3.8) is 0 Å². The van der Waals surface area contributed by atoms with E-state index in [9.17, 15) is 13.9 Å². The number of likely N-dealkylation sites (tertiary alicyclic amines) is 2. The summed E-state index contributed by atoms with van der Waals surface area (Å²) in [4.78, 5) is 5.02. The molecule has 3 rings (SSSR count). The second-order valence-corrected chi connectivity index (χ2v) is 9.61. The number of hydrogen-bond donors (Lipinski definition) is 4. The van der Waals surface area contributed by atoms with Crippen LogP contribution in [0, 0.1) is 0 Å². The first kappa shape index (κ1) is 24.7. The number of rotatable bonds is 8. The van der Waals surface area contributed by atoms with Gasteiger partial charge in [0.15, 0.2) is 0 Å². The Morgan fingerprint density at radius 1 is 1.19 bits per heavy atom. The minimum atomic E-state index is -3.11. The van der Waals surface area contributed by atoms with Crippen molar-refractivity contribution in [1.29, 1.82) is 0 Å². The Morgan fingerprint density at radius 2 is 1.84 bits per heavy atom. The molecule has 0 aromatic heterocycles. The molecule has 1 aromatic carbocycles. The highest BCUT2D eigenvalue weighted by Crippen LogP contribution is 2.38. The molecule has 2 aliphatic rings. The molecule has 9 heteroatoms. The van der Waals surface area contributed by atoms with Crippen LogP contribution < -0.4 is 16.8 Å². The van der Waals surface area contributed by atoms with Crippen LogP contribution in [0.25, 0.3) is 5.70 Å². The first-order valence-corrected chi connectivity index (χ1v) is 11.9. The predicted molar refractivity (Wildman–Crippen MR) is 129 cm³/mol. The minimum absolute atomic E-state index is 0.268. The quantitative estimate of drug-likeness (QED) is 0.347. The predicted octanol–water partition coefficient (Wildman–Crippen LogP) is 2.96. The molecule has 1 aromatic rings. The number of phenols is 1.